The Kier molecular flexibility index (Phi) is 57.6. The Bertz CT molecular complexity index is 1500. The zero-order valence-electron chi connectivity index (χ0n) is 51.9. The predicted octanol–water partition coefficient (Wildman–Crippen LogP) is 21.0. The number of nitrogens with zero attached hydrogens (tertiary/aromatic N) is 1. The fourth-order valence-corrected chi connectivity index (χ4v) is 10.2. The minimum Gasteiger partial charge on any atom is -0.462 e. The molecule has 0 aliphatic carbocycles. The highest BCUT2D eigenvalue weighted by Crippen LogP contribution is 2.43. The first-order valence-corrected chi connectivity index (χ1v) is 34.5. The second kappa shape index (κ2) is 59.3. The first kappa shape index (κ1) is 75.7. The fourth-order valence-electron chi connectivity index (χ4n) is 9.41. The molecule has 0 heterocycles. The van der Waals surface area contributed by atoms with Crippen LogP contribution in [0.3, 0.4) is 0 Å². The predicted molar refractivity (Wildman–Crippen MR) is 335 cm³/mol. The number of likely N-dealkylation sites (N-methyl/N-ethyl adjacent to an activating group) is 1. The van der Waals surface area contributed by atoms with Crippen molar-refractivity contribution in [2.45, 2.75) is 315 Å². The highest BCUT2D eigenvalue weighted by Gasteiger charge is 2.27. The van der Waals surface area contributed by atoms with E-state index in [4.69, 9.17) is 18.5 Å². The molecule has 9 nitrogen and oxygen atoms in total. The third kappa shape index (κ3) is 62.9. The van der Waals surface area contributed by atoms with Crippen molar-refractivity contribution in [3.63, 3.8) is 0 Å². The summed E-state index contributed by atoms with van der Waals surface area (Å²) in [5.41, 5.74) is 0. The molecule has 0 saturated carbocycles. The van der Waals surface area contributed by atoms with Crippen LogP contribution < -0.4 is 0 Å². The van der Waals surface area contributed by atoms with Crippen LogP contribution >= 0.6 is 7.82 Å². The van der Waals surface area contributed by atoms with Crippen LogP contribution in [-0.4, -0.2) is 74.9 Å². The third-order valence-corrected chi connectivity index (χ3v) is 15.5. The van der Waals surface area contributed by atoms with E-state index in [-0.39, 0.29) is 32.0 Å². The molecule has 10 heteroatoms. The van der Waals surface area contributed by atoms with Crippen LogP contribution in [0.1, 0.15) is 309 Å². The van der Waals surface area contributed by atoms with E-state index in [1.54, 1.807) is 0 Å². The van der Waals surface area contributed by atoms with Crippen LogP contribution in [0.5, 0.6) is 0 Å². The van der Waals surface area contributed by atoms with Crippen LogP contribution in [-0.2, 0) is 32.7 Å². The van der Waals surface area contributed by atoms with Crippen LogP contribution in [0.25, 0.3) is 0 Å². The molecule has 78 heavy (non-hydrogen) atoms. The van der Waals surface area contributed by atoms with E-state index < -0.39 is 26.5 Å². The minimum absolute atomic E-state index is 0.0306. The maximum Gasteiger partial charge on any atom is 0.472 e. The maximum atomic E-state index is 12.8. The van der Waals surface area contributed by atoms with Crippen molar-refractivity contribution in [2.24, 2.45) is 0 Å². The number of hydrogen-bond acceptors (Lipinski definition) is 7. The Labute approximate surface area is 483 Å². The van der Waals surface area contributed by atoms with E-state index in [2.05, 4.69) is 74.6 Å². The monoisotopic (exact) mass is 1120 g/mol. The van der Waals surface area contributed by atoms with Gasteiger partial charge in [-0.1, -0.05) is 274 Å². The molecule has 0 saturated heterocycles. The zero-order valence-corrected chi connectivity index (χ0v) is 52.8. The number of phosphoric acid groups is 1. The molecule has 0 bridgehead atoms. The molecule has 0 amide bonds. The van der Waals surface area contributed by atoms with Crippen LogP contribution in [0.2, 0.25) is 0 Å². The van der Waals surface area contributed by atoms with Gasteiger partial charge in [0.05, 0.1) is 27.7 Å². The molecule has 0 fully saturated rings. The fraction of sp³-hybridized carbons (Fsp3) is 0.824. The molecule has 0 aromatic rings. The van der Waals surface area contributed by atoms with Crippen molar-refractivity contribution in [1.29, 1.82) is 0 Å². The molecule has 2 atom stereocenters. The van der Waals surface area contributed by atoms with Gasteiger partial charge >= 0.3 is 19.8 Å². The SMILES string of the molecule is CCCCC/C=C\C/C=C\CCCCCCCCCC(=O)OCC(COP(=O)(O)OCC[N+](C)(C)C)OC(=O)CCCCCCCCCCCCCCCCCCCCCCCC/C=C\C/C=C\C/C=C\CCCCCCC. The van der Waals surface area contributed by atoms with Crippen molar-refractivity contribution in [2.75, 3.05) is 47.5 Å². The van der Waals surface area contributed by atoms with Gasteiger partial charge in [0.15, 0.2) is 6.10 Å². The largest absolute Gasteiger partial charge is 0.472 e. The molecule has 0 aromatic heterocycles. The summed E-state index contributed by atoms with van der Waals surface area (Å²) in [6, 6.07) is 0. The average Bonchev–Trinajstić information content (AvgIpc) is 3.41. The molecule has 0 spiro atoms. The summed E-state index contributed by atoms with van der Waals surface area (Å²) in [6.45, 7) is 4.42. The average molecular weight is 1120 g/mol. The van der Waals surface area contributed by atoms with Gasteiger partial charge in [0.2, 0.25) is 0 Å². The highest BCUT2D eigenvalue weighted by molar-refractivity contribution is 7.47. The van der Waals surface area contributed by atoms with Gasteiger partial charge < -0.3 is 18.9 Å². The Balaban J connectivity index is 3.96. The summed E-state index contributed by atoms with van der Waals surface area (Å²) in [7, 11) is 1.48. The first-order valence-electron chi connectivity index (χ1n) is 33.0. The zero-order chi connectivity index (χ0) is 57.0. The molecule has 1 N–H and O–H groups in total. The summed E-state index contributed by atoms with van der Waals surface area (Å²) in [5, 5.41) is 0. The molecule has 456 valence electrons. The summed E-state index contributed by atoms with van der Waals surface area (Å²) < 4.78 is 34.6. The number of phosphoric ester groups is 1. The number of ether oxygens (including phenoxy) is 2. The lowest BCUT2D eigenvalue weighted by Gasteiger charge is -2.24. The van der Waals surface area contributed by atoms with Gasteiger partial charge in [-0.3, -0.25) is 18.6 Å². The summed E-state index contributed by atoms with van der Waals surface area (Å²) >= 11 is 0. The molecule has 0 aliphatic heterocycles. The van der Waals surface area contributed by atoms with Gasteiger partial charge in [0.25, 0.3) is 0 Å². The number of quaternary nitrogens is 1. The third-order valence-electron chi connectivity index (χ3n) is 14.5. The van der Waals surface area contributed by atoms with Crippen LogP contribution in [0.4, 0.5) is 0 Å². The molecule has 0 aromatic carbocycles. The molecule has 0 rings (SSSR count). The van der Waals surface area contributed by atoms with Gasteiger partial charge in [-0.25, -0.2) is 4.57 Å². The maximum absolute atomic E-state index is 12.8. The van der Waals surface area contributed by atoms with E-state index in [1.807, 2.05) is 21.1 Å². The second-order valence-corrected chi connectivity index (χ2v) is 25.0. The van der Waals surface area contributed by atoms with Gasteiger partial charge in [-0.05, 0) is 83.5 Å². The summed E-state index contributed by atoms with van der Waals surface area (Å²) in [5.74, 6) is -0.795. The number of esters is 2. The normalized spacial score (nSPS) is 13.6. The molecular formula is C68H127NO8P+. The first-order chi connectivity index (χ1) is 38.0. The molecular weight excluding hydrogens is 990 g/mol. The number of rotatable bonds is 61. The quantitative estimate of drug-likeness (QED) is 0.0211. The number of unbranched alkanes of at least 4 members (excludes halogenated alkanes) is 37. The van der Waals surface area contributed by atoms with Crippen molar-refractivity contribution in [1.82, 2.24) is 0 Å². The van der Waals surface area contributed by atoms with Gasteiger partial charge in [0, 0.05) is 12.8 Å². The van der Waals surface area contributed by atoms with Crippen molar-refractivity contribution in [3.8, 4) is 0 Å². The van der Waals surface area contributed by atoms with E-state index in [9.17, 15) is 19.0 Å². The number of hydrogen-bond donors (Lipinski definition) is 1. The lowest BCUT2D eigenvalue weighted by Crippen LogP contribution is -2.37. The molecule has 2 unspecified atom stereocenters. The number of carbonyl (C=O) groups excluding carboxylic acids is 2. The van der Waals surface area contributed by atoms with E-state index in [1.165, 1.54) is 212 Å². The van der Waals surface area contributed by atoms with Gasteiger partial charge in [-0.2, -0.15) is 0 Å². The number of carbonyl (C=O) groups is 2. The second-order valence-electron chi connectivity index (χ2n) is 23.5. The van der Waals surface area contributed by atoms with Crippen molar-refractivity contribution in [3.05, 3.63) is 60.8 Å². The molecule has 0 radical (unpaired) electrons. The standard InChI is InChI=1S/C68H126NO8P/c1-6-8-10-12-14-16-18-20-22-24-25-26-27-28-29-30-31-32-33-34-35-36-37-38-39-40-41-42-43-45-47-49-51-53-55-57-59-61-68(71)77-66(65-76-78(72,73)75-63-62-69(3,4)5)64-74-67(70)60-58-56-54-52-50-48-46-44-23-21-19-17-15-13-11-9-7-2/h15,17-18,20-21,23-25,27-28,66H,6-14,16,19,22,26,29-65H2,1-5H3/p+1/b17-15-,20-18-,23-21-,25-24-,28-27-. The minimum atomic E-state index is -4.39. The van der Waals surface area contributed by atoms with E-state index >= 15 is 0 Å². The Morgan fingerprint density at radius 2 is 0.692 bits per heavy atom. The van der Waals surface area contributed by atoms with Gasteiger partial charge in [0.1, 0.15) is 19.8 Å². The topological polar surface area (TPSA) is 108 Å². The lowest BCUT2D eigenvalue weighted by atomic mass is 10.0. The van der Waals surface area contributed by atoms with Gasteiger partial charge in [-0.15, -0.1) is 0 Å². The Hall–Kier alpha value is -2.29. The van der Waals surface area contributed by atoms with E-state index in [0.29, 0.717) is 17.4 Å². The van der Waals surface area contributed by atoms with Crippen molar-refractivity contribution < 1.29 is 42.1 Å². The number of allylic oxidation sites excluding steroid dienone is 10. The van der Waals surface area contributed by atoms with Crippen LogP contribution in [0, 0.1) is 0 Å². The van der Waals surface area contributed by atoms with Crippen molar-refractivity contribution >= 4 is 19.8 Å². The smallest absolute Gasteiger partial charge is 0.462 e. The summed E-state index contributed by atoms with van der Waals surface area (Å²) in [4.78, 5) is 35.7. The lowest BCUT2D eigenvalue weighted by molar-refractivity contribution is -0.870. The highest BCUT2D eigenvalue weighted by atomic mass is 31.2. The van der Waals surface area contributed by atoms with Crippen LogP contribution in [0.15, 0.2) is 60.8 Å². The Morgan fingerprint density at radius 3 is 1.05 bits per heavy atom. The summed E-state index contributed by atoms with van der Waals surface area (Å²) in [6.07, 6.45) is 77.5. The van der Waals surface area contributed by atoms with E-state index in [0.717, 1.165) is 64.2 Å². The Morgan fingerprint density at radius 1 is 0.397 bits per heavy atom. The molecule has 0 aliphatic rings.